The van der Waals surface area contributed by atoms with E-state index in [0.717, 1.165) is 0 Å². The van der Waals surface area contributed by atoms with Gasteiger partial charge in [0.1, 0.15) is 6.61 Å². The Morgan fingerprint density at radius 2 is 2.17 bits per heavy atom. The maximum absolute atomic E-state index is 11.2. The van der Waals surface area contributed by atoms with Crippen molar-refractivity contribution in [2.75, 3.05) is 0 Å². The molecule has 5 heteroatoms. The van der Waals surface area contributed by atoms with Crippen LogP contribution in [0, 0.1) is 0 Å². The molecule has 0 aliphatic heterocycles. The van der Waals surface area contributed by atoms with E-state index >= 15 is 0 Å². The van der Waals surface area contributed by atoms with Crippen LogP contribution in [-0.4, -0.2) is 19.9 Å². The first kappa shape index (κ1) is 8.99. The van der Waals surface area contributed by atoms with Crippen molar-refractivity contribution in [2.45, 2.75) is 32.9 Å². The Morgan fingerprint density at radius 3 is 2.50 bits per heavy atom. The largest absolute Gasteiger partial charge is 0.388 e. The van der Waals surface area contributed by atoms with E-state index in [4.69, 9.17) is 5.11 Å². The minimum absolute atomic E-state index is 0.226. The fourth-order valence-electron chi connectivity index (χ4n) is 1.13. The molecule has 1 aromatic rings. The Bertz CT molecular complexity index is 318. The number of aromatic nitrogens is 3. The molecule has 0 radical (unpaired) electrons. The third kappa shape index (κ3) is 1.40. The topological polar surface area (TPSA) is 70.9 Å². The zero-order valence-electron chi connectivity index (χ0n) is 7.46. The molecular weight excluding hydrogens is 158 g/mol. The summed E-state index contributed by atoms with van der Waals surface area (Å²) in [4.78, 5) is 11.2. The fourth-order valence-corrected chi connectivity index (χ4v) is 1.13. The molecular formula is C7H13N3O2. The van der Waals surface area contributed by atoms with E-state index < -0.39 is 0 Å². The Hall–Kier alpha value is -1.10. The van der Waals surface area contributed by atoms with Gasteiger partial charge in [0.2, 0.25) is 0 Å². The molecule has 1 aromatic heterocycles. The third-order valence-electron chi connectivity index (χ3n) is 1.55. The number of nitrogens with zero attached hydrogens (tertiary/aromatic N) is 2. The van der Waals surface area contributed by atoms with Gasteiger partial charge >= 0.3 is 5.69 Å². The lowest BCUT2D eigenvalue weighted by molar-refractivity contribution is 0.248. The van der Waals surface area contributed by atoms with Crippen LogP contribution in [0.5, 0.6) is 0 Å². The summed E-state index contributed by atoms with van der Waals surface area (Å²) in [5.41, 5.74) is -0.631. The molecule has 2 N–H and O–H groups in total. The van der Waals surface area contributed by atoms with Crippen molar-refractivity contribution >= 4 is 0 Å². The van der Waals surface area contributed by atoms with Gasteiger partial charge in [-0.25, -0.2) is 9.89 Å². The lowest BCUT2D eigenvalue weighted by Crippen LogP contribution is -2.33. The average Bonchev–Trinajstić information content (AvgIpc) is 2.29. The second-order valence-electron chi connectivity index (χ2n) is 3.61. The highest BCUT2D eigenvalue weighted by Crippen LogP contribution is 2.11. The number of hydrogen-bond acceptors (Lipinski definition) is 3. The van der Waals surface area contributed by atoms with E-state index in [-0.39, 0.29) is 17.8 Å². The van der Waals surface area contributed by atoms with Crippen LogP contribution in [0.15, 0.2) is 4.79 Å². The molecule has 68 valence electrons. The highest BCUT2D eigenvalue weighted by atomic mass is 16.3. The van der Waals surface area contributed by atoms with Crippen LogP contribution in [0.4, 0.5) is 0 Å². The lowest BCUT2D eigenvalue weighted by Gasteiger charge is -2.20. The van der Waals surface area contributed by atoms with Crippen LogP contribution in [0.25, 0.3) is 0 Å². The van der Waals surface area contributed by atoms with E-state index in [2.05, 4.69) is 10.2 Å². The molecule has 0 saturated heterocycles. The summed E-state index contributed by atoms with van der Waals surface area (Å²) in [5, 5.41) is 14.8. The zero-order valence-corrected chi connectivity index (χ0v) is 7.46. The van der Waals surface area contributed by atoms with E-state index in [1.54, 1.807) is 0 Å². The summed E-state index contributed by atoms with van der Waals surface area (Å²) in [6, 6.07) is 0. The quantitative estimate of drug-likeness (QED) is 0.615. The second-order valence-corrected chi connectivity index (χ2v) is 3.61. The molecule has 1 heterocycles. The molecule has 0 spiro atoms. The fraction of sp³-hybridized carbons (Fsp3) is 0.714. The van der Waals surface area contributed by atoms with Crippen LogP contribution in [-0.2, 0) is 12.1 Å². The molecule has 5 nitrogen and oxygen atoms in total. The number of aliphatic hydroxyl groups excluding tert-OH is 1. The number of rotatable bonds is 1. The summed E-state index contributed by atoms with van der Waals surface area (Å²) >= 11 is 0. The van der Waals surface area contributed by atoms with E-state index in [0.29, 0.717) is 5.82 Å². The predicted molar refractivity (Wildman–Crippen MR) is 43.8 cm³/mol. The minimum Gasteiger partial charge on any atom is -0.388 e. The molecule has 0 aromatic carbocycles. The van der Waals surface area contributed by atoms with Crippen LogP contribution < -0.4 is 5.69 Å². The second kappa shape index (κ2) is 2.75. The van der Waals surface area contributed by atoms with Gasteiger partial charge in [0.25, 0.3) is 0 Å². The Balaban J connectivity index is 3.29. The summed E-state index contributed by atoms with van der Waals surface area (Å²) < 4.78 is 1.44. The predicted octanol–water partition coefficient (Wildman–Crippen LogP) is -0.181. The van der Waals surface area contributed by atoms with E-state index in [1.165, 1.54) is 4.57 Å². The van der Waals surface area contributed by atoms with Crippen molar-refractivity contribution in [3.8, 4) is 0 Å². The van der Waals surface area contributed by atoms with Gasteiger partial charge in [-0.1, -0.05) is 0 Å². The van der Waals surface area contributed by atoms with Crippen molar-refractivity contribution in [2.24, 2.45) is 0 Å². The molecule has 1 rings (SSSR count). The molecule has 0 unspecified atom stereocenters. The molecule has 0 aliphatic carbocycles. The number of H-pyrrole nitrogens is 1. The van der Waals surface area contributed by atoms with E-state index in [1.807, 2.05) is 20.8 Å². The van der Waals surface area contributed by atoms with Crippen LogP contribution in [0.2, 0.25) is 0 Å². The highest BCUT2D eigenvalue weighted by Gasteiger charge is 2.19. The van der Waals surface area contributed by atoms with Gasteiger partial charge in [-0.3, -0.25) is 4.57 Å². The standard InChI is InChI=1S/C7H13N3O2/c1-7(2,3)10-5(4-11)8-9-6(10)12/h11H,4H2,1-3H3,(H,9,12). The Labute approximate surface area is 70.0 Å². The molecule has 0 amide bonds. The average molecular weight is 171 g/mol. The smallest absolute Gasteiger partial charge is 0.343 e. The summed E-state index contributed by atoms with van der Waals surface area (Å²) in [6.07, 6.45) is 0. The third-order valence-corrected chi connectivity index (χ3v) is 1.55. The number of hydrogen-bond donors (Lipinski definition) is 2. The zero-order chi connectivity index (χ0) is 9.35. The molecule has 0 atom stereocenters. The maximum Gasteiger partial charge on any atom is 0.343 e. The van der Waals surface area contributed by atoms with Crippen LogP contribution in [0.3, 0.4) is 0 Å². The molecule has 0 bridgehead atoms. The van der Waals surface area contributed by atoms with Crippen LogP contribution in [0.1, 0.15) is 26.6 Å². The first-order valence-electron chi connectivity index (χ1n) is 3.74. The molecule has 0 fully saturated rings. The highest BCUT2D eigenvalue weighted by molar-refractivity contribution is 4.90. The van der Waals surface area contributed by atoms with Gasteiger partial charge in [-0.05, 0) is 20.8 Å². The van der Waals surface area contributed by atoms with Crippen molar-refractivity contribution < 1.29 is 5.11 Å². The molecule has 0 saturated carbocycles. The monoisotopic (exact) mass is 171 g/mol. The molecule has 12 heavy (non-hydrogen) atoms. The number of nitrogens with one attached hydrogen (secondary N) is 1. The first-order chi connectivity index (χ1) is 5.46. The SMILES string of the molecule is CC(C)(C)n1c(CO)n[nH]c1=O. The summed E-state index contributed by atoms with van der Waals surface area (Å²) in [6.45, 7) is 5.41. The van der Waals surface area contributed by atoms with Crippen molar-refractivity contribution in [1.82, 2.24) is 14.8 Å². The minimum atomic E-state index is -0.345. The van der Waals surface area contributed by atoms with Gasteiger partial charge in [0.05, 0.1) is 0 Å². The van der Waals surface area contributed by atoms with Gasteiger partial charge in [0.15, 0.2) is 5.82 Å². The van der Waals surface area contributed by atoms with Gasteiger partial charge in [0, 0.05) is 5.54 Å². The van der Waals surface area contributed by atoms with Gasteiger partial charge < -0.3 is 5.11 Å². The number of aliphatic hydroxyl groups is 1. The van der Waals surface area contributed by atoms with Crippen molar-refractivity contribution in [3.63, 3.8) is 0 Å². The Morgan fingerprint density at radius 1 is 1.58 bits per heavy atom. The summed E-state index contributed by atoms with van der Waals surface area (Å²) in [7, 11) is 0. The van der Waals surface area contributed by atoms with Gasteiger partial charge in [-0.15, -0.1) is 0 Å². The number of aromatic amines is 1. The summed E-state index contributed by atoms with van der Waals surface area (Å²) in [5.74, 6) is 0.368. The van der Waals surface area contributed by atoms with Crippen LogP contribution >= 0.6 is 0 Å². The van der Waals surface area contributed by atoms with Gasteiger partial charge in [-0.2, -0.15) is 5.10 Å². The first-order valence-corrected chi connectivity index (χ1v) is 3.74. The lowest BCUT2D eigenvalue weighted by atomic mass is 10.1. The van der Waals surface area contributed by atoms with Crippen molar-refractivity contribution in [3.05, 3.63) is 16.3 Å². The Kier molecular flexibility index (Phi) is 2.06. The van der Waals surface area contributed by atoms with Crippen molar-refractivity contribution in [1.29, 1.82) is 0 Å². The normalized spacial score (nSPS) is 12.0. The maximum atomic E-state index is 11.2. The van der Waals surface area contributed by atoms with E-state index in [9.17, 15) is 4.79 Å². The molecule has 0 aliphatic rings.